The van der Waals surface area contributed by atoms with Gasteiger partial charge in [-0.2, -0.15) is 5.10 Å². The molecule has 3 aromatic rings. The molecule has 2 N–H and O–H groups in total. The number of aromatic nitrogens is 3. The normalized spacial score (nSPS) is 13.5. The number of aryl methyl sites for hydroxylation is 1. The number of aliphatic hydroxyl groups excluding tert-OH is 1. The van der Waals surface area contributed by atoms with E-state index in [2.05, 4.69) is 15.4 Å². The van der Waals surface area contributed by atoms with Gasteiger partial charge in [-0.05, 0) is 37.3 Å². The standard InChI is InChI=1S/C19H20F2N4O3/c1-19(11-26,18(20)21)23-17(27)16-14-9-13(6-7-15(14)24-25(16)2)28-10-12-5-3-4-8-22-12/h3-9,18,26H,10-11H2,1-2H3,(H,23,27). The summed E-state index contributed by atoms with van der Waals surface area (Å²) in [5.41, 5.74) is -0.706. The topological polar surface area (TPSA) is 89.3 Å². The Morgan fingerprint density at radius 1 is 1.36 bits per heavy atom. The van der Waals surface area contributed by atoms with E-state index in [1.54, 1.807) is 37.5 Å². The number of fused-ring (bicyclic) bond motifs is 1. The number of hydrogen-bond donors (Lipinski definition) is 2. The van der Waals surface area contributed by atoms with Crippen LogP contribution < -0.4 is 10.1 Å². The Bertz CT molecular complexity index is 978. The molecule has 0 radical (unpaired) electrons. The summed E-state index contributed by atoms with van der Waals surface area (Å²) >= 11 is 0. The lowest BCUT2D eigenvalue weighted by Crippen LogP contribution is -2.54. The van der Waals surface area contributed by atoms with Gasteiger partial charge in [0, 0.05) is 18.6 Å². The summed E-state index contributed by atoms with van der Waals surface area (Å²) < 4.78 is 33.4. The predicted octanol–water partition coefficient (Wildman–Crippen LogP) is 2.29. The van der Waals surface area contributed by atoms with E-state index >= 15 is 0 Å². The number of carbonyl (C=O) groups is 1. The molecule has 0 saturated heterocycles. The van der Waals surface area contributed by atoms with Crippen molar-refractivity contribution in [3.8, 4) is 5.75 Å². The van der Waals surface area contributed by atoms with Crippen LogP contribution in [-0.4, -0.2) is 44.3 Å². The van der Waals surface area contributed by atoms with Crippen LogP contribution >= 0.6 is 0 Å². The Kier molecular flexibility index (Phi) is 5.55. The number of benzene rings is 1. The maximum Gasteiger partial charge on any atom is 0.270 e. The molecule has 0 fully saturated rings. The second-order valence-electron chi connectivity index (χ2n) is 6.59. The zero-order chi connectivity index (χ0) is 20.3. The van der Waals surface area contributed by atoms with Crippen LogP contribution in [-0.2, 0) is 13.7 Å². The minimum atomic E-state index is -2.93. The smallest absolute Gasteiger partial charge is 0.270 e. The van der Waals surface area contributed by atoms with Crippen LogP contribution in [0.3, 0.4) is 0 Å². The first kappa shape index (κ1) is 19.7. The van der Waals surface area contributed by atoms with Gasteiger partial charge in [-0.15, -0.1) is 0 Å². The summed E-state index contributed by atoms with van der Waals surface area (Å²) in [5.74, 6) is -0.275. The number of aliphatic hydroxyl groups is 1. The number of ether oxygens (including phenoxy) is 1. The van der Waals surface area contributed by atoms with Crippen LogP contribution in [0.4, 0.5) is 8.78 Å². The lowest BCUT2D eigenvalue weighted by atomic mass is 10.0. The number of nitrogens with zero attached hydrogens (tertiary/aromatic N) is 3. The molecule has 2 heterocycles. The van der Waals surface area contributed by atoms with Gasteiger partial charge in [-0.25, -0.2) is 8.78 Å². The first-order valence-corrected chi connectivity index (χ1v) is 8.55. The molecule has 1 aromatic carbocycles. The summed E-state index contributed by atoms with van der Waals surface area (Å²) in [6.45, 7) is 0.419. The van der Waals surface area contributed by atoms with Crippen LogP contribution in [0.1, 0.15) is 23.1 Å². The number of hydrogen-bond acceptors (Lipinski definition) is 5. The van der Waals surface area contributed by atoms with E-state index in [-0.39, 0.29) is 12.3 Å². The van der Waals surface area contributed by atoms with Gasteiger partial charge in [0.15, 0.2) is 0 Å². The molecule has 1 unspecified atom stereocenters. The van der Waals surface area contributed by atoms with Gasteiger partial charge in [0.05, 0.1) is 17.8 Å². The molecule has 0 saturated carbocycles. The molecule has 0 spiro atoms. The molecule has 0 aliphatic heterocycles. The predicted molar refractivity (Wildman–Crippen MR) is 98.2 cm³/mol. The lowest BCUT2D eigenvalue weighted by Gasteiger charge is -2.27. The first-order valence-electron chi connectivity index (χ1n) is 8.55. The fourth-order valence-electron chi connectivity index (χ4n) is 2.66. The van der Waals surface area contributed by atoms with Crippen molar-refractivity contribution in [3.05, 3.63) is 54.0 Å². The highest BCUT2D eigenvalue weighted by atomic mass is 19.3. The highest BCUT2D eigenvalue weighted by Crippen LogP contribution is 2.25. The summed E-state index contributed by atoms with van der Waals surface area (Å²) in [5, 5.41) is 16.2. The van der Waals surface area contributed by atoms with Gasteiger partial charge in [-0.1, -0.05) is 6.07 Å². The highest BCUT2D eigenvalue weighted by Gasteiger charge is 2.37. The van der Waals surface area contributed by atoms with Gasteiger partial charge < -0.3 is 15.2 Å². The minimum Gasteiger partial charge on any atom is -0.487 e. The quantitative estimate of drug-likeness (QED) is 0.646. The monoisotopic (exact) mass is 390 g/mol. The number of nitrogens with one attached hydrogen (secondary N) is 1. The number of amides is 1. The second kappa shape index (κ2) is 7.89. The molecular formula is C19H20F2N4O3. The fourth-order valence-corrected chi connectivity index (χ4v) is 2.66. The third kappa shape index (κ3) is 3.94. The van der Waals surface area contributed by atoms with Crippen molar-refractivity contribution < 1.29 is 23.4 Å². The van der Waals surface area contributed by atoms with Gasteiger partial charge in [0.2, 0.25) is 0 Å². The van der Waals surface area contributed by atoms with Crippen molar-refractivity contribution in [2.24, 2.45) is 7.05 Å². The van der Waals surface area contributed by atoms with Gasteiger partial charge in [-0.3, -0.25) is 14.5 Å². The first-order chi connectivity index (χ1) is 13.3. The number of alkyl halides is 2. The summed E-state index contributed by atoms with van der Waals surface area (Å²) in [6.07, 6.45) is -1.27. The number of pyridine rings is 1. The Morgan fingerprint density at radius 2 is 2.14 bits per heavy atom. The van der Waals surface area contributed by atoms with E-state index in [4.69, 9.17) is 4.74 Å². The second-order valence-corrected chi connectivity index (χ2v) is 6.59. The average Bonchev–Trinajstić information content (AvgIpc) is 3.02. The van der Waals surface area contributed by atoms with Gasteiger partial charge in [0.1, 0.15) is 23.6 Å². The molecule has 1 atom stereocenters. The highest BCUT2D eigenvalue weighted by molar-refractivity contribution is 6.05. The molecule has 0 bridgehead atoms. The Labute approximate surface area is 160 Å². The molecule has 7 nitrogen and oxygen atoms in total. The van der Waals surface area contributed by atoms with E-state index in [0.717, 1.165) is 12.6 Å². The van der Waals surface area contributed by atoms with E-state index in [9.17, 15) is 18.7 Å². The van der Waals surface area contributed by atoms with Crippen molar-refractivity contribution in [2.75, 3.05) is 6.61 Å². The average molecular weight is 390 g/mol. The van der Waals surface area contributed by atoms with Crippen molar-refractivity contribution in [1.29, 1.82) is 0 Å². The van der Waals surface area contributed by atoms with Crippen molar-refractivity contribution in [1.82, 2.24) is 20.1 Å². The van der Waals surface area contributed by atoms with Crippen LogP contribution in [0, 0.1) is 0 Å². The third-order valence-electron chi connectivity index (χ3n) is 4.34. The largest absolute Gasteiger partial charge is 0.487 e. The SMILES string of the molecule is Cn1nc2ccc(OCc3ccccn3)cc2c1C(=O)NC(C)(CO)C(F)F. The molecule has 1 amide bonds. The molecule has 0 aliphatic rings. The number of halogens is 2. The molecular weight excluding hydrogens is 370 g/mol. The summed E-state index contributed by atoms with van der Waals surface area (Å²) in [6, 6.07) is 10.5. The molecule has 9 heteroatoms. The van der Waals surface area contributed by atoms with Crippen LogP contribution in [0.5, 0.6) is 5.75 Å². The Balaban J connectivity index is 1.88. The van der Waals surface area contributed by atoms with E-state index < -0.39 is 24.5 Å². The zero-order valence-corrected chi connectivity index (χ0v) is 15.4. The number of carbonyl (C=O) groups excluding carboxylic acids is 1. The molecule has 0 aliphatic carbocycles. The van der Waals surface area contributed by atoms with Crippen molar-refractivity contribution >= 4 is 16.8 Å². The van der Waals surface area contributed by atoms with Crippen LogP contribution in [0.15, 0.2) is 42.6 Å². The van der Waals surface area contributed by atoms with Crippen molar-refractivity contribution in [2.45, 2.75) is 25.5 Å². The number of rotatable bonds is 7. The summed E-state index contributed by atoms with van der Waals surface area (Å²) in [4.78, 5) is 16.8. The molecule has 2 aromatic heterocycles. The Hall–Kier alpha value is -3.07. The maximum atomic E-state index is 13.2. The third-order valence-corrected chi connectivity index (χ3v) is 4.34. The van der Waals surface area contributed by atoms with E-state index in [1.807, 2.05) is 12.1 Å². The fraction of sp³-hybridized carbons (Fsp3) is 0.316. The van der Waals surface area contributed by atoms with Gasteiger partial charge >= 0.3 is 0 Å². The Morgan fingerprint density at radius 3 is 2.79 bits per heavy atom. The summed E-state index contributed by atoms with van der Waals surface area (Å²) in [7, 11) is 1.54. The van der Waals surface area contributed by atoms with E-state index in [1.165, 1.54) is 4.68 Å². The minimum absolute atomic E-state index is 0.0959. The van der Waals surface area contributed by atoms with Crippen LogP contribution in [0.2, 0.25) is 0 Å². The zero-order valence-electron chi connectivity index (χ0n) is 15.4. The van der Waals surface area contributed by atoms with Crippen molar-refractivity contribution in [3.63, 3.8) is 0 Å². The lowest BCUT2D eigenvalue weighted by molar-refractivity contribution is 0.00598. The maximum absolute atomic E-state index is 13.2. The molecule has 148 valence electrons. The molecule has 28 heavy (non-hydrogen) atoms. The molecule has 3 rings (SSSR count). The van der Waals surface area contributed by atoms with Gasteiger partial charge in [0.25, 0.3) is 12.3 Å². The van der Waals surface area contributed by atoms with E-state index in [0.29, 0.717) is 16.7 Å². The van der Waals surface area contributed by atoms with Crippen LogP contribution in [0.25, 0.3) is 10.9 Å².